The van der Waals surface area contributed by atoms with Crippen molar-refractivity contribution >= 4 is 17.7 Å². The van der Waals surface area contributed by atoms with Crippen LogP contribution in [-0.2, 0) is 4.79 Å². The molecular formula is C13H12FN3O4. The SMILES string of the molecule is N#Cc1c(F)cccc1NC(=O)N1C[C@@H](O)C[C@H]1C(=O)O. The number of β-amino-alcohol motifs (C(OH)–C–C–N with tert-alkyl or cyclic N) is 1. The Hall–Kier alpha value is -2.66. The lowest BCUT2D eigenvalue weighted by molar-refractivity contribution is -0.141. The molecular weight excluding hydrogens is 281 g/mol. The lowest BCUT2D eigenvalue weighted by Crippen LogP contribution is -2.43. The zero-order valence-corrected chi connectivity index (χ0v) is 10.8. The quantitative estimate of drug-likeness (QED) is 0.744. The largest absolute Gasteiger partial charge is 0.480 e. The predicted molar refractivity (Wildman–Crippen MR) is 68.9 cm³/mol. The molecule has 21 heavy (non-hydrogen) atoms. The van der Waals surface area contributed by atoms with Crippen molar-refractivity contribution in [2.45, 2.75) is 18.6 Å². The van der Waals surface area contributed by atoms with Crippen molar-refractivity contribution in [3.05, 3.63) is 29.6 Å². The Balaban J connectivity index is 2.21. The Morgan fingerprint density at radius 1 is 1.48 bits per heavy atom. The minimum absolute atomic E-state index is 0.0481. The van der Waals surface area contributed by atoms with E-state index in [0.717, 1.165) is 11.0 Å². The zero-order chi connectivity index (χ0) is 15.6. The van der Waals surface area contributed by atoms with Gasteiger partial charge in [-0.05, 0) is 12.1 Å². The maximum absolute atomic E-state index is 13.4. The highest BCUT2D eigenvalue weighted by atomic mass is 19.1. The number of aliphatic hydroxyl groups is 1. The molecule has 2 atom stereocenters. The van der Waals surface area contributed by atoms with Gasteiger partial charge in [0.1, 0.15) is 23.5 Å². The molecule has 1 saturated heterocycles. The number of benzene rings is 1. The van der Waals surface area contributed by atoms with E-state index >= 15 is 0 Å². The van der Waals surface area contributed by atoms with Crippen molar-refractivity contribution < 1.29 is 24.2 Å². The third-order valence-corrected chi connectivity index (χ3v) is 3.19. The highest BCUT2D eigenvalue weighted by Crippen LogP contribution is 2.22. The Morgan fingerprint density at radius 2 is 2.19 bits per heavy atom. The fourth-order valence-corrected chi connectivity index (χ4v) is 2.20. The molecule has 2 amide bonds. The summed E-state index contributed by atoms with van der Waals surface area (Å²) in [7, 11) is 0. The number of carboxylic acids is 1. The Morgan fingerprint density at radius 3 is 2.81 bits per heavy atom. The van der Waals surface area contributed by atoms with Crippen LogP contribution in [0.25, 0.3) is 0 Å². The van der Waals surface area contributed by atoms with Gasteiger partial charge in [-0.1, -0.05) is 6.07 Å². The first-order chi connectivity index (χ1) is 9.93. The molecule has 0 saturated carbocycles. The van der Waals surface area contributed by atoms with Crippen molar-refractivity contribution in [3.8, 4) is 6.07 Å². The summed E-state index contributed by atoms with van der Waals surface area (Å²) in [5, 5.41) is 29.7. The van der Waals surface area contributed by atoms with E-state index in [-0.39, 0.29) is 24.2 Å². The van der Waals surface area contributed by atoms with Gasteiger partial charge >= 0.3 is 12.0 Å². The van der Waals surface area contributed by atoms with Gasteiger partial charge in [0.05, 0.1) is 11.8 Å². The van der Waals surface area contributed by atoms with Gasteiger partial charge in [0.25, 0.3) is 0 Å². The third kappa shape index (κ3) is 2.93. The molecule has 0 unspecified atom stereocenters. The van der Waals surface area contributed by atoms with Crippen LogP contribution in [0, 0.1) is 17.1 Å². The highest BCUT2D eigenvalue weighted by molar-refractivity contribution is 5.93. The van der Waals surface area contributed by atoms with E-state index in [1.807, 2.05) is 0 Å². The van der Waals surface area contributed by atoms with Gasteiger partial charge in [-0.15, -0.1) is 0 Å². The van der Waals surface area contributed by atoms with Gasteiger partial charge in [0, 0.05) is 13.0 Å². The Bertz CT molecular complexity index is 628. The minimum Gasteiger partial charge on any atom is -0.480 e. The molecule has 110 valence electrons. The van der Waals surface area contributed by atoms with Gasteiger partial charge in [-0.3, -0.25) is 0 Å². The molecule has 1 fully saturated rings. The molecule has 0 aliphatic carbocycles. The maximum atomic E-state index is 13.4. The average Bonchev–Trinajstić information content (AvgIpc) is 2.81. The number of carboxylic acid groups (broad SMARTS) is 1. The summed E-state index contributed by atoms with van der Waals surface area (Å²) in [6, 6.07) is 3.40. The lowest BCUT2D eigenvalue weighted by atomic mass is 10.2. The van der Waals surface area contributed by atoms with E-state index in [0.29, 0.717) is 0 Å². The van der Waals surface area contributed by atoms with Crippen LogP contribution in [0.4, 0.5) is 14.9 Å². The topological polar surface area (TPSA) is 114 Å². The van der Waals surface area contributed by atoms with Crippen LogP contribution in [0.15, 0.2) is 18.2 Å². The molecule has 1 aromatic rings. The summed E-state index contributed by atoms with van der Waals surface area (Å²) in [4.78, 5) is 24.1. The van der Waals surface area contributed by atoms with Crippen LogP contribution < -0.4 is 5.32 Å². The normalized spacial score (nSPS) is 20.9. The van der Waals surface area contributed by atoms with Gasteiger partial charge in [-0.25, -0.2) is 14.0 Å². The number of amides is 2. The number of hydrogen-bond donors (Lipinski definition) is 3. The summed E-state index contributed by atoms with van der Waals surface area (Å²) in [6.45, 7) is -0.139. The van der Waals surface area contributed by atoms with Crippen molar-refractivity contribution in [1.82, 2.24) is 4.90 Å². The second-order valence-electron chi connectivity index (χ2n) is 4.60. The molecule has 1 aromatic carbocycles. The molecule has 2 rings (SSSR count). The molecule has 1 heterocycles. The standard InChI is InChI=1S/C13H12FN3O4/c14-9-2-1-3-10(8(9)5-15)16-13(21)17-6-7(18)4-11(17)12(19)20/h1-3,7,11,18H,4,6H2,(H,16,21)(H,19,20)/t7-,11-/m0/s1. The second-order valence-corrected chi connectivity index (χ2v) is 4.60. The van der Waals surface area contributed by atoms with Gasteiger partial charge < -0.3 is 20.4 Å². The van der Waals surface area contributed by atoms with Crippen molar-refractivity contribution in [2.75, 3.05) is 11.9 Å². The number of hydrogen-bond acceptors (Lipinski definition) is 4. The lowest BCUT2D eigenvalue weighted by Gasteiger charge is -2.21. The molecule has 0 spiro atoms. The summed E-state index contributed by atoms with van der Waals surface area (Å²) in [5.41, 5.74) is -0.384. The number of nitriles is 1. The first-order valence-corrected chi connectivity index (χ1v) is 6.11. The number of rotatable bonds is 2. The van der Waals surface area contributed by atoms with E-state index < -0.39 is 30.0 Å². The van der Waals surface area contributed by atoms with E-state index in [9.17, 15) is 19.1 Å². The zero-order valence-electron chi connectivity index (χ0n) is 10.8. The van der Waals surface area contributed by atoms with Crippen LogP contribution in [0.1, 0.15) is 12.0 Å². The number of carbonyl (C=O) groups excluding carboxylic acids is 1. The maximum Gasteiger partial charge on any atom is 0.326 e. The monoisotopic (exact) mass is 293 g/mol. The van der Waals surface area contributed by atoms with Crippen LogP contribution in [0.2, 0.25) is 0 Å². The number of urea groups is 1. The van der Waals surface area contributed by atoms with E-state index in [4.69, 9.17) is 10.4 Å². The molecule has 0 radical (unpaired) electrons. The van der Waals surface area contributed by atoms with Crippen LogP contribution in [0.3, 0.4) is 0 Å². The first kappa shape index (κ1) is 14.7. The number of aliphatic hydroxyl groups excluding tert-OH is 1. The van der Waals surface area contributed by atoms with Crippen LogP contribution in [0.5, 0.6) is 0 Å². The Labute approximate surface area is 119 Å². The number of carbonyl (C=O) groups is 2. The third-order valence-electron chi connectivity index (χ3n) is 3.19. The van der Waals surface area contributed by atoms with E-state index in [2.05, 4.69) is 5.32 Å². The van der Waals surface area contributed by atoms with Gasteiger partial charge in [0.15, 0.2) is 0 Å². The Kier molecular flexibility index (Phi) is 4.05. The number of nitrogens with zero attached hydrogens (tertiary/aromatic N) is 2. The molecule has 0 aromatic heterocycles. The summed E-state index contributed by atoms with van der Waals surface area (Å²) in [5.74, 6) is -2.02. The molecule has 1 aliphatic heterocycles. The van der Waals surface area contributed by atoms with Gasteiger partial charge in [0.2, 0.25) is 0 Å². The highest BCUT2D eigenvalue weighted by Gasteiger charge is 2.39. The second kappa shape index (κ2) is 5.76. The number of anilines is 1. The first-order valence-electron chi connectivity index (χ1n) is 6.11. The van der Waals surface area contributed by atoms with E-state index in [1.54, 1.807) is 6.07 Å². The fraction of sp³-hybridized carbons (Fsp3) is 0.308. The number of halogens is 1. The minimum atomic E-state index is -1.23. The van der Waals surface area contributed by atoms with Crippen LogP contribution in [-0.4, -0.2) is 45.8 Å². The summed E-state index contributed by atoms with van der Waals surface area (Å²) in [6.07, 6.45) is -1.00. The van der Waals surface area contributed by atoms with Crippen molar-refractivity contribution in [2.24, 2.45) is 0 Å². The van der Waals surface area contributed by atoms with Crippen molar-refractivity contribution in [3.63, 3.8) is 0 Å². The molecule has 1 aliphatic rings. The van der Waals surface area contributed by atoms with Crippen LogP contribution >= 0.6 is 0 Å². The predicted octanol–water partition coefficient (Wildman–Crippen LogP) is 0.749. The van der Waals surface area contributed by atoms with Crippen molar-refractivity contribution in [1.29, 1.82) is 5.26 Å². The fourth-order valence-electron chi connectivity index (χ4n) is 2.20. The number of aliphatic carboxylic acids is 1. The van der Waals surface area contributed by atoms with Gasteiger partial charge in [-0.2, -0.15) is 5.26 Å². The molecule has 7 nitrogen and oxygen atoms in total. The number of nitrogens with one attached hydrogen (secondary N) is 1. The molecule has 0 bridgehead atoms. The summed E-state index contributed by atoms with van der Waals surface area (Å²) < 4.78 is 13.4. The smallest absolute Gasteiger partial charge is 0.326 e. The average molecular weight is 293 g/mol. The molecule has 3 N–H and O–H groups in total. The molecule has 8 heteroatoms. The van der Waals surface area contributed by atoms with E-state index in [1.165, 1.54) is 12.1 Å². The number of likely N-dealkylation sites (tertiary alicyclic amines) is 1. The summed E-state index contributed by atoms with van der Waals surface area (Å²) >= 11 is 0.